The van der Waals surface area contributed by atoms with E-state index in [0.29, 0.717) is 12.2 Å². The summed E-state index contributed by atoms with van der Waals surface area (Å²) >= 11 is 3.35. The van der Waals surface area contributed by atoms with E-state index in [4.69, 9.17) is 5.14 Å². The van der Waals surface area contributed by atoms with Crippen LogP contribution in [-0.2, 0) is 23.5 Å². The molecule has 0 saturated carbocycles. The van der Waals surface area contributed by atoms with Crippen LogP contribution >= 0.6 is 15.9 Å². The van der Waals surface area contributed by atoms with Gasteiger partial charge in [-0.1, -0.05) is 28.1 Å². The second-order valence-corrected chi connectivity index (χ2v) is 6.18. The Morgan fingerprint density at radius 1 is 1.28 bits per heavy atom. The molecule has 1 heterocycles. The summed E-state index contributed by atoms with van der Waals surface area (Å²) in [6.45, 7) is 0. The average Bonchev–Trinajstić information content (AvgIpc) is 2.63. The van der Waals surface area contributed by atoms with E-state index in [2.05, 4.69) is 26.1 Å². The number of nitrogens with zero attached hydrogens (tertiary/aromatic N) is 3. The van der Waals surface area contributed by atoms with Gasteiger partial charge in [-0.2, -0.15) is 0 Å². The van der Waals surface area contributed by atoms with E-state index in [-0.39, 0.29) is 5.16 Å². The topological polar surface area (TPSA) is 90.9 Å². The number of sulfonamides is 1. The Morgan fingerprint density at radius 2 is 1.89 bits per heavy atom. The van der Waals surface area contributed by atoms with E-state index in [1.165, 1.54) is 4.57 Å². The SMILES string of the molecule is Cn1c(Cc2ccc(Br)cc2)nnc1S(N)(=O)=O. The van der Waals surface area contributed by atoms with Crippen LogP contribution in [0.25, 0.3) is 0 Å². The monoisotopic (exact) mass is 330 g/mol. The van der Waals surface area contributed by atoms with Crippen molar-refractivity contribution in [3.63, 3.8) is 0 Å². The normalized spacial score (nSPS) is 11.7. The Balaban J connectivity index is 2.31. The molecular formula is C10H11BrN4O2S. The number of nitrogens with two attached hydrogens (primary N) is 1. The van der Waals surface area contributed by atoms with Gasteiger partial charge in [0.2, 0.25) is 0 Å². The maximum atomic E-state index is 11.2. The molecule has 0 radical (unpaired) electrons. The third kappa shape index (κ3) is 2.77. The van der Waals surface area contributed by atoms with E-state index in [9.17, 15) is 8.42 Å². The smallest absolute Gasteiger partial charge is 0.273 e. The molecule has 1 aromatic carbocycles. The third-order valence-electron chi connectivity index (χ3n) is 2.46. The fourth-order valence-corrected chi connectivity index (χ4v) is 2.44. The number of primary sulfonamides is 1. The Hall–Kier alpha value is -1.25. The zero-order valence-electron chi connectivity index (χ0n) is 9.54. The van der Waals surface area contributed by atoms with Crippen molar-refractivity contribution in [1.29, 1.82) is 0 Å². The van der Waals surface area contributed by atoms with Crippen LogP contribution in [0.1, 0.15) is 11.4 Å². The first-order chi connectivity index (χ1) is 8.38. The van der Waals surface area contributed by atoms with Crippen LogP contribution < -0.4 is 5.14 Å². The standard InChI is InChI=1S/C10H11BrN4O2S/c1-15-9(13-14-10(15)18(12,16)17)6-7-2-4-8(11)5-3-7/h2-5H,6H2,1H3,(H2,12,16,17). The first-order valence-corrected chi connectivity index (χ1v) is 7.37. The summed E-state index contributed by atoms with van der Waals surface area (Å²) in [4.78, 5) is 0. The molecular weight excluding hydrogens is 320 g/mol. The lowest BCUT2D eigenvalue weighted by Gasteiger charge is -2.03. The molecule has 0 saturated heterocycles. The van der Waals surface area contributed by atoms with Gasteiger partial charge in [0.15, 0.2) is 0 Å². The van der Waals surface area contributed by atoms with Crippen molar-refractivity contribution in [1.82, 2.24) is 14.8 Å². The highest BCUT2D eigenvalue weighted by atomic mass is 79.9. The number of benzene rings is 1. The van der Waals surface area contributed by atoms with Crippen LogP contribution in [0.4, 0.5) is 0 Å². The highest BCUT2D eigenvalue weighted by Crippen LogP contribution is 2.14. The molecule has 2 rings (SSSR count). The van der Waals surface area contributed by atoms with Gasteiger partial charge < -0.3 is 4.57 Å². The van der Waals surface area contributed by atoms with Crippen LogP contribution in [0.5, 0.6) is 0 Å². The summed E-state index contributed by atoms with van der Waals surface area (Å²) in [5.41, 5.74) is 1.01. The minimum Gasteiger partial charge on any atom is -0.304 e. The van der Waals surface area contributed by atoms with Gasteiger partial charge in [-0.25, -0.2) is 13.6 Å². The van der Waals surface area contributed by atoms with E-state index in [1.54, 1.807) is 7.05 Å². The number of hydrogen-bond acceptors (Lipinski definition) is 4. The zero-order valence-corrected chi connectivity index (χ0v) is 11.9. The molecule has 0 fully saturated rings. The van der Waals surface area contributed by atoms with Crippen molar-refractivity contribution >= 4 is 26.0 Å². The largest absolute Gasteiger partial charge is 0.304 e. The Labute approximate surface area is 113 Å². The summed E-state index contributed by atoms with van der Waals surface area (Å²) in [6, 6.07) is 7.67. The van der Waals surface area contributed by atoms with Crippen LogP contribution in [0.15, 0.2) is 33.9 Å². The maximum Gasteiger partial charge on any atom is 0.273 e. The molecule has 2 N–H and O–H groups in total. The lowest BCUT2D eigenvalue weighted by atomic mass is 10.1. The summed E-state index contributed by atoms with van der Waals surface area (Å²) in [5.74, 6) is 0.543. The van der Waals surface area contributed by atoms with Crippen molar-refractivity contribution in [2.75, 3.05) is 0 Å². The van der Waals surface area contributed by atoms with Gasteiger partial charge in [0, 0.05) is 17.9 Å². The molecule has 0 aliphatic rings. The fourth-order valence-electron chi connectivity index (χ4n) is 1.53. The Morgan fingerprint density at radius 3 is 2.39 bits per heavy atom. The number of halogens is 1. The van der Waals surface area contributed by atoms with E-state index in [1.807, 2.05) is 24.3 Å². The summed E-state index contributed by atoms with van der Waals surface area (Å²) < 4.78 is 24.8. The molecule has 0 aliphatic heterocycles. The van der Waals surface area contributed by atoms with Gasteiger partial charge in [0.05, 0.1) is 0 Å². The highest BCUT2D eigenvalue weighted by Gasteiger charge is 2.18. The van der Waals surface area contributed by atoms with Gasteiger partial charge in [0.1, 0.15) is 5.82 Å². The van der Waals surface area contributed by atoms with E-state index >= 15 is 0 Å². The third-order valence-corrected chi connectivity index (χ3v) is 3.85. The molecule has 0 aliphatic carbocycles. The molecule has 96 valence electrons. The first-order valence-electron chi connectivity index (χ1n) is 5.03. The van der Waals surface area contributed by atoms with Crippen LogP contribution in [0.3, 0.4) is 0 Å². The Kier molecular flexibility index (Phi) is 3.51. The second-order valence-electron chi connectivity index (χ2n) is 3.81. The maximum absolute atomic E-state index is 11.2. The fraction of sp³-hybridized carbons (Fsp3) is 0.200. The minimum atomic E-state index is -3.83. The summed E-state index contributed by atoms with van der Waals surface area (Å²) in [7, 11) is -2.25. The van der Waals surface area contributed by atoms with Gasteiger partial charge in [-0.3, -0.25) is 0 Å². The predicted octanol–water partition coefficient (Wildman–Crippen LogP) is 0.816. The molecule has 6 nitrogen and oxygen atoms in total. The second kappa shape index (κ2) is 4.79. The number of hydrogen-bond donors (Lipinski definition) is 1. The lowest BCUT2D eigenvalue weighted by Crippen LogP contribution is -2.17. The van der Waals surface area contributed by atoms with Crippen LogP contribution in [-0.4, -0.2) is 23.2 Å². The minimum absolute atomic E-state index is 0.227. The van der Waals surface area contributed by atoms with Gasteiger partial charge in [-0.05, 0) is 17.7 Å². The molecule has 0 amide bonds. The summed E-state index contributed by atoms with van der Waals surface area (Å²) in [5, 5.41) is 12.2. The van der Waals surface area contributed by atoms with Crippen molar-refractivity contribution in [2.24, 2.45) is 12.2 Å². The molecule has 0 atom stereocenters. The van der Waals surface area contributed by atoms with E-state index in [0.717, 1.165) is 10.0 Å². The highest BCUT2D eigenvalue weighted by molar-refractivity contribution is 9.10. The quantitative estimate of drug-likeness (QED) is 0.901. The molecule has 2 aromatic rings. The van der Waals surface area contributed by atoms with Gasteiger partial charge in [0.25, 0.3) is 15.2 Å². The molecule has 1 aromatic heterocycles. The van der Waals surface area contributed by atoms with Crippen molar-refractivity contribution in [3.05, 3.63) is 40.1 Å². The number of aromatic nitrogens is 3. The number of rotatable bonds is 3. The van der Waals surface area contributed by atoms with Crippen molar-refractivity contribution < 1.29 is 8.42 Å². The Bertz CT molecular complexity index is 664. The predicted molar refractivity (Wildman–Crippen MR) is 69.3 cm³/mol. The van der Waals surface area contributed by atoms with Crippen LogP contribution in [0, 0.1) is 0 Å². The zero-order chi connectivity index (χ0) is 13.3. The van der Waals surface area contributed by atoms with Crippen molar-refractivity contribution in [2.45, 2.75) is 11.6 Å². The average molecular weight is 331 g/mol. The molecule has 18 heavy (non-hydrogen) atoms. The molecule has 0 unspecified atom stereocenters. The lowest BCUT2D eigenvalue weighted by molar-refractivity contribution is 0.578. The van der Waals surface area contributed by atoms with Gasteiger partial charge in [-0.15, -0.1) is 10.2 Å². The molecule has 8 heteroatoms. The van der Waals surface area contributed by atoms with Gasteiger partial charge >= 0.3 is 0 Å². The first kappa shape index (κ1) is 13.2. The molecule has 0 bridgehead atoms. The van der Waals surface area contributed by atoms with Crippen molar-refractivity contribution in [3.8, 4) is 0 Å². The molecule has 0 spiro atoms. The van der Waals surface area contributed by atoms with Crippen LogP contribution in [0.2, 0.25) is 0 Å². The summed E-state index contributed by atoms with van der Waals surface area (Å²) in [6.07, 6.45) is 0.492. The van der Waals surface area contributed by atoms with E-state index < -0.39 is 10.0 Å².